The average Bonchev–Trinajstić information content (AvgIpc) is 3.25. The molecule has 2 aromatic rings. The molecule has 0 N–H and O–H groups in total. The molecule has 1 aromatic heterocycles. The highest BCUT2D eigenvalue weighted by Crippen LogP contribution is 2.36. The van der Waals surface area contributed by atoms with Crippen LogP contribution in [0.25, 0.3) is 0 Å². The van der Waals surface area contributed by atoms with E-state index in [1.807, 2.05) is 6.20 Å². The molecule has 0 atom stereocenters. The molecule has 5 heteroatoms. The molecule has 0 bridgehead atoms. The number of piperidine rings is 1. The summed E-state index contributed by atoms with van der Waals surface area (Å²) in [7, 11) is 0. The van der Waals surface area contributed by atoms with E-state index in [9.17, 15) is 4.79 Å². The SMILES string of the molecule is CC(C)c1cnn(CC2CCN(Cc3ccc(C4CCC(C(=O)S)CC4)cc3)CC2)c1. The van der Waals surface area contributed by atoms with Gasteiger partial charge >= 0.3 is 0 Å². The van der Waals surface area contributed by atoms with Gasteiger partial charge in [-0.2, -0.15) is 5.10 Å². The van der Waals surface area contributed by atoms with Crippen molar-refractivity contribution in [2.24, 2.45) is 11.8 Å². The largest absolute Gasteiger partial charge is 0.299 e. The topological polar surface area (TPSA) is 38.1 Å². The Kier molecular flexibility index (Phi) is 7.55. The third kappa shape index (κ3) is 6.01. The van der Waals surface area contributed by atoms with Gasteiger partial charge in [0.1, 0.15) is 0 Å². The summed E-state index contributed by atoms with van der Waals surface area (Å²) in [6.45, 7) is 8.90. The maximum absolute atomic E-state index is 11.5. The number of nitrogens with zero attached hydrogens (tertiary/aromatic N) is 3. The summed E-state index contributed by atoms with van der Waals surface area (Å²) >= 11 is 4.02. The fraction of sp³-hybridized carbons (Fsp3) is 0.615. The Labute approximate surface area is 192 Å². The van der Waals surface area contributed by atoms with Crippen molar-refractivity contribution in [3.8, 4) is 0 Å². The van der Waals surface area contributed by atoms with E-state index >= 15 is 0 Å². The van der Waals surface area contributed by atoms with Crippen LogP contribution >= 0.6 is 12.6 Å². The first-order chi connectivity index (χ1) is 15.0. The molecule has 0 unspecified atom stereocenters. The highest BCUT2D eigenvalue weighted by molar-refractivity contribution is 7.96. The molecule has 0 radical (unpaired) electrons. The van der Waals surface area contributed by atoms with E-state index in [2.05, 4.69) is 71.6 Å². The van der Waals surface area contributed by atoms with Crippen molar-refractivity contribution in [3.05, 3.63) is 53.3 Å². The van der Waals surface area contributed by atoms with Crippen LogP contribution in [0.5, 0.6) is 0 Å². The molecule has 31 heavy (non-hydrogen) atoms. The van der Waals surface area contributed by atoms with Gasteiger partial charge in [0.2, 0.25) is 0 Å². The molecule has 4 nitrogen and oxygen atoms in total. The van der Waals surface area contributed by atoms with Gasteiger partial charge in [0.05, 0.1) is 6.20 Å². The highest BCUT2D eigenvalue weighted by atomic mass is 32.1. The summed E-state index contributed by atoms with van der Waals surface area (Å²) in [4.78, 5) is 14.1. The molecule has 2 aliphatic rings. The summed E-state index contributed by atoms with van der Waals surface area (Å²) in [6, 6.07) is 9.27. The van der Waals surface area contributed by atoms with Crippen LogP contribution in [0.4, 0.5) is 0 Å². The smallest absolute Gasteiger partial charge is 0.188 e. The van der Waals surface area contributed by atoms with Gasteiger partial charge in [0.25, 0.3) is 0 Å². The number of carbonyl (C=O) groups excluding carboxylic acids is 1. The zero-order chi connectivity index (χ0) is 21.8. The van der Waals surface area contributed by atoms with Gasteiger partial charge < -0.3 is 0 Å². The first kappa shape index (κ1) is 22.6. The molecule has 168 valence electrons. The zero-order valence-corrected chi connectivity index (χ0v) is 19.9. The van der Waals surface area contributed by atoms with Gasteiger partial charge in [0, 0.05) is 25.2 Å². The summed E-state index contributed by atoms with van der Waals surface area (Å²) in [5.41, 5.74) is 4.19. The maximum atomic E-state index is 11.5. The molecule has 1 aliphatic carbocycles. The zero-order valence-electron chi connectivity index (χ0n) is 19.0. The normalized spacial score (nSPS) is 23.4. The number of hydrogen-bond acceptors (Lipinski definition) is 3. The molecular weight excluding hydrogens is 402 g/mol. The van der Waals surface area contributed by atoms with E-state index in [0.717, 1.165) is 44.7 Å². The molecule has 1 aromatic carbocycles. The Morgan fingerprint density at radius 2 is 1.74 bits per heavy atom. The highest BCUT2D eigenvalue weighted by Gasteiger charge is 2.25. The number of likely N-dealkylation sites (tertiary alicyclic amines) is 1. The van der Waals surface area contributed by atoms with E-state index in [-0.39, 0.29) is 11.0 Å². The van der Waals surface area contributed by atoms with E-state index in [4.69, 9.17) is 0 Å². The summed E-state index contributed by atoms with van der Waals surface area (Å²) in [6.07, 6.45) is 10.9. The van der Waals surface area contributed by atoms with E-state index in [0.29, 0.717) is 11.8 Å². The van der Waals surface area contributed by atoms with Crippen LogP contribution in [0.3, 0.4) is 0 Å². The first-order valence-electron chi connectivity index (χ1n) is 12.0. The maximum Gasteiger partial charge on any atom is 0.188 e. The number of rotatable bonds is 7. The number of carbonyl (C=O) groups is 1. The Morgan fingerprint density at radius 1 is 1.06 bits per heavy atom. The first-order valence-corrected chi connectivity index (χ1v) is 12.5. The fourth-order valence-corrected chi connectivity index (χ4v) is 5.45. The Bertz CT molecular complexity index is 844. The molecule has 1 aliphatic heterocycles. The van der Waals surface area contributed by atoms with Crippen molar-refractivity contribution in [2.75, 3.05) is 13.1 Å². The Balaban J connectivity index is 1.22. The minimum Gasteiger partial charge on any atom is -0.299 e. The summed E-state index contributed by atoms with van der Waals surface area (Å²) in [5.74, 6) is 2.06. The lowest BCUT2D eigenvalue weighted by Crippen LogP contribution is -2.34. The fourth-order valence-electron chi connectivity index (χ4n) is 5.20. The van der Waals surface area contributed by atoms with Crippen molar-refractivity contribution < 1.29 is 4.79 Å². The van der Waals surface area contributed by atoms with Crippen LogP contribution in [0.2, 0.25) is 0 Å². The molecule has 2 heterocycles. The molecule has 1 saturated heterocycles. The van der Waals surface area contributed by atoms with Crippen LogP contribution in [-0.4, -0.2) is 32.9 Å². The second-order valence-electron chi connectivity index (χ2n) is 10.00. The molecule has 1 saturated carbocycles. The lowest BCUT2D eigenvalue weighted by atomic mass is 9.79. The van der Waals surface area contributed by atoms with Gasteiger partial charge in [-0.05, 0) is 86.1 Å². The number of aromatic nitrogens is 2. The van der Waals surface area contributed by atoms with E-state index in [1.165, 1.54) is 42.6 Å². The molecule has 4 rings (SSSR count). The Morgan fingerprint density at radius 3 is 2.32 bits per heavy atom. The minimum absolute atomic E-state index is 0.0718. The summed E-state index contributed by atoms with van der Waals surface area (Å²) in [5, 5.41) is 4.63. The van der Waals surface area contributed by atoms with Crippen molar-refractivity contribution in [2.45, 2.75) is 77.3 Å². The van der Waals surface area contributed by atoms with Crippen molar-refractivity contribution in [1.29, 1.82) is 0 Å². The number of hydrogen-bond donors (Lipinski definition) is 1. The second-order valence-corrected chi connectivity index (χ2v) is 10.4. The Hall–Kier alpha value is -1.59. The lowest BCUT2D eigenvalue weighted by Gasteiger charge is -2.32. The van der Waals surface area contributed by atoms with Crippen molar-refractivity contribution >= 4 is 17.7 Å². The molecule has 0 amide bonds. The summed E-state index contributed by atoms with van der Waals surface area (Å²) < 4.78 is 2.15. The van der Waals surface area contributed by atoms with Crippen LogP contribution in [0.15, 0.2) is 36.7 Å². The van der Waals surface area contributed by atoms with Gasteiger partial charge in [0.15, 0.2) is 5.12 Å². The quantitative estimate of drug-likeness (QED) is 0.567. The number of benzene rings is 1. The molecular formula is C26H37N3OS. The van der Waals surface area contributed by atoms with E-state index in [1.54, 1.807) is 0 Å². The molecule has 2 fully saturated rings. The van der Waals surface area contributed by atoms with Crippen LogP contribution < -0.4 is 0 Å². The van der Waals surface area contributed by atoms with Crippen molar-refractivity contribution in [3.63, 3.8) is 0 Å². The van der Waals surface area contributed by atoms with Gasteiger partial charge in [-0.25, -0.2) is 0 Å². The lowest BCUT2D eigenvalue weighted by molar-refractivity contribution is -0.115. The third-order valence-electron chi connectivity index (χ3n) is 7.41. The molecule has 0 spiro atoms. The van der Waals surface area contributed by atoms with E-state index < -0.39 is 0 Å². The van der Waals surface area contributed by atoms with Gasteiger partial charge in [-0.1, -0.05) is 38.1 Å². The third-order valence-corrected chi connectivity index (χ3v) is 7.77. The van der Waals surface area contributed by atoms with Crippen molar-refractivity contribution in [1.82, 2.24) is 14.7 Å². The predicted molar refractivity (Wildman–Crippen MR) is 129 cm³/mol. The minimum atomic E-state index is 0.0718. The number of thiol groups is 1. The monoisotopic (exact) mass is 439 g/mol. The average molecular weight is 440 g/mol. The predicted octanol–water partition coefficient (Wildman–Crippen LogP) is 5.65. The van der Waals surface area contributed by atoms with Crippen LogP contribution in [0.1, 0.15) is 80.9 Å². The van der Waals surface area contributed by atoms with Gasteiger partial charge in [-0.3, -0.25) is 14.4 Å². The van der Waals surface area contributed by atoms with Crippen LogP contribution in [-0.2, 0) is 17.9 Å². The van der Waals surface area contributed by atoms with Gasteiger partial charge in [-0.15, -0.1) is 12.6 Å². The second kappa shape index (κ2) is 10.4. The standard InChI is InChI=1S/C26H37N3OS/c1-19(2)25-15-27-29(18-25)17-21-11-13-28(14-12-21)16-20-3-5-22(6-4-20)23-7-9-24(10-8-23)26(30)31/h3-6,15,18-19,21,23-24H,7-14,16-17H2,1-2H3,(H,30,31). The van der Waals surface area contributed by atoms with Crippen LogP contribution in [0, 0.1) is 11.8 Å².